The molecule has 19 heavy (non-hydrogen) atoms. The van der Waals surface area contributed by atoms with Crippen LogP contribution in [0.1, 0.15) is 11.3 Å². The van der Waals surface area contributed by atoms with E-state index in [1.807, 2.05) is 17.0 Å². The van der Waals surface area contributed by atoms with E-state index in [1.54, 1.807) is 11.3 Å². The number of fused-ring (bicyclic) bond motifs is 1. The molecule has 0 bridgehead atoms. The fourth-order valence-corrected chi connectivity index (χ4v) is 3.09. The monoisotopic (exact) mass is 340 g/mol. The van der Waals surface area contributed by atoms with Gasteiger partial charge in [-0.3, -0.25) is 0 Å². The second-order valence-electron chi connectivity index (χ2n) is 4.19. The van der Waals surface area contributed by atoms with Gasteiger partial charge < -0.3 is 14.8 Å². The second-order valence-corrected chi connectivity index (χ2v) is 5.76. The molecule has 0 aliphatic carbocycles. The summed E-state index contributed by atoms with van der Waals surface area (Å²) in [6, 6.07) is 4.08. The quantitative estimate of drug-likeness (QED) is 0.929. The Morgan fingerprint density at radius 3 is 3.00 bits per heavy atom. The molecule has 0 saturated heterocycles. The van der Waals surface area contributed by atoms with Gasteiger partial charge in [-0.1, -0.05) is 0 Å². The summed E-state index contributed by atoms with van der Waals surface area (Å²) < 4.78 is 12.1. The Morgan fingerprint density at radius 2 is 2.16 bits per heavy atom. The number of rotatable bonds is 4. The van der Waals surface area contributed by atoms with Crippen LogP contribution in [0.5, 0.6) is 11.5 Å². The van der Waals surface area contributed by atoms with Gasteiger partial charge >= 0.3 is 0 Å². The van der Waals surface area contributed by atoms with Gasteiger partial charge in [-0.2, -0.15) is 0 Å². The van der Waals surface area contributed by atoms with E-state index in [1.165, 1.54) is 0 Å². The molecule has 1 aliphatic rings. The summed E-state index contributed by atoms with van der Waals surface area (Å²) in [7, 11) is 0. The first-order valence-corrected chi connectivity index (χ1v) is 7.72. The molecule has 1 aliphatic heterocycles. The molecule has 0 saturated carbocycles. The number of nitrogens with zero attached hydrogens (tertiary/aromatic N) is 1. The Kier molecular flexibility index (Phi) is 4.00. The lowest BCUT2D eigenvalue weighted by atomic mass is 10.2. The molecule has 2 heterocycles. The van der Waals surface area contributed by atoms with Crippen LogP contribution in [0, 0.1) is 0 Å². The fraction of sp³-hybridized carbons (Fsp3) is 0.308. The van der Waals surface area contributed by atoms with E-state index >= 15 is 0 Å². The molecule has 1 aromatic carbocycles. The van der Waals surface area contributed by atoms with Crippen molar-refractivity contribution in [2.45, 2.75) is 13.1 Å². The molecule has 0 amide bonds. The molecule has 0 unspecified atom stereocenters. The van der Waals surface area contributed by atoms with Crippen molar-refractivity contribution in [2.75, 3.05) is 13.2 Å². The summed E-state index contributed by atoms with van der Waals surface area (Å²) in [4.78, 5) is 4.24. The van der Waals surface area contributed by atoms with E-state index in [4.69, 9.17) is 9.47 Å². The van der Waals surface area contributed by atoms with Crippen LogP contribution < -0.4 is 14.8 Å². The van der Waals surface area contributed by atoms with Gasteiger partial charge in [-0.25, -0.2) is 4.98 Å². The highest BCUT2D eigenvalue weighted by molar-refractivity contribution is 9.10. The summed E-state index contributed by atoms with van der Waals surface area (Å²) in [6.07, 6.45) is 0. The number of thiazole rings is 1. The normalized spacial score (nSPS) is 13.5. The van der Waals surface area contributed by atoms with E-state index in [9.17, 15) is 0 Å². The molecule has 4 nitrogen and oxygen atoms in total. The molecule has 0 fully saturated rings. The maximum absolute atomic E-state index is 5.60. The molecular weight excluding hydrogens is 328 g/mol. The highest BCUT2D eigenvalue weighted by Gasteiger charge is 2.16. The van der Waals surface area contributed by atoms with Crippen LogP contribution in [0.4, 0.5) is 0 Å². The van der Waals surface area contributed by atoms with Crippen molar-refractivity contribution in [3.63, 3.8) is 0 Å². The van der Waals surface area contributed by atoms with Crippen LogP contribution in [-0.4, -0.2) is 18.2 Å². The first-order chi connectivity index (χ1) is 9.33. The van der Waals surface area contributed by atoms with Crippen molar-refractivity contribution >= 4 is 27.3 Å². The SMILES string of the molecule is Brc1cc(CNCc2cscn2)cc2c1OCCO2. The topological polar surface area (TPSA) is 43.4 Å². The number of benzene rings is 1. The Morgan fingerprint density at radius 1 is 1.26 bits per heavy atom. The highest BCUT2D eigenvalue weighted by atomic mass is 79.9. The first kappa shape index (κ1) is 12.9. The lowest BCUT2D eigenvalue weighted by molar-refractivity contribution is 0.170. The predicted octanol–water partition coefficient (Wildman–Crippen LogP) is 2.97. The smallest absolute Gasteiger partial charge is 0.175 e. The van der Waals surface area contributed by atoms with Gasteiger partial charge in [-0.05, 0) is 33.6 Å². The second kappa shape index (κ2) is 5.90. The molecule has 6 heteroatoms. The number of hydrogen-bond donors (Lipinski definition) is 1. The highest BCUT2D eigenvalue weighted by Crippen LogP contribution is 2.38. The van der Waals surface area contributed by atoms with Crippen LogP contribution in [-0.2, 0) is 13.1 Å². The molecule has 0 spiro atoms. The lowest BCUT2D eigenvalue weighted by Gasteiger charge is -2.20. The van der Waals surface area contributed by atoms with Crippen molar-refractivity contribution in [1.29, 1.82) is 0 Å². The molecular formula is C13H13BrN2O2S. The molecule has 0 atom stereocenters. The minimum Gasteiger partial charge on any atom is -0.486 e. The molecule has 100 valence electrons. The van der Waals surface area contributed by atoms with Crippen molar-refractivity contribution in [3.05, 3.63) is 38.8 Å². The van der Waals surface area contributed by atoms with Crippen LogP contribution in [0.2, 0.25) is 0 Å². The van der Waals surface area contributed by atoms with Crippen LogP contribution in [0.25, 0.3) is 0 Å². The predicted molar refractivity (Wildman–Crippen MR) is 77.8 cm³/mol. The average molecular weight is 341 g/mol. The number of nitrogens with one attached hydrogen (secondary N) is 1. The van der Waals surface area contributed by atoms with Crippen molar-refractivity contribution in [2.24, 2.45) is 0 Å². The van der Waals surface area contributed by atoms with Crippen LogP contribution in [0.3, 0.4) is 0 Å². The zero-order chi connectivity index (χ0) is 13.1. The number of aromatic nitrogens is 1. The van der Waals surface area contributed by atoms with Gasteiger partial charge in [0.15, 0.2) is 11.5 Å². The van der Waals surface area contributed by atoms with Crippen LogP contribution in [0.15, 0.2) is 27.5 Å². The minimum absolute atomic E-state index is 0.604. The van der Waals surface area contributed by atoms with Gasteiger partial charge in [0.05, 0.1) is 15.7 Å². The van der Waals surface area contributed by atoms with Crippen molar-refractivity contribution < 1.29 is 9.47 Å². The minimum atomic E-state index is 0.604. The summed E-state index contributed by atoms with van der Waals surface area (Å²) in [5.41, 5.74) is 4.07. The fourth-order valence-electron chi connectivity index (χ4n) is 1.93. The number of ether oxygens (including phenoxy) is 2. The molecule has 3 rings (SSSR count). The maximum Gasteiger partial charge on any atom is 0.175 e. The number of halogens is 1. The third-order valence-electron chi connectivity index (χ3n) is 2.78. The van der Waals surface area contributed by atoms with Gasteiger partial charge in [0.2, 0.25) is 0 Å². The largest absolute Gasteiger partial charge is 0.486 e. The van der Waals surface area contributed by atoms with Crippen LogP contribution >= 0.6 is 27.3 Å². The molecule has 2 aromatic rings. The summed E-state index contributed by atoms with van der Waals surface area (Å²) in [5.74, 6) is 1.61. The van der Waals surface area contributed by atoms with Gasteiger partial charge in [0.1, 0.15) is 13.2 Å². The summed E-state index contributed by atoms with van der Waals surface area (Å²) in [6.45, 7) is 2.75. The van der Waals surface area contributed by atoms with Crippen molar-refractivity contribution in [1.82, 2.24) is 10.3 Å². The van der Waals surface area contributed by atoms with Crippen molar-refractivity contribution in [3.8, 4) is 11.5 Å². The Hall–Kier alpha value is -1.11. The molecule has 1 N–H and O–H groups in total. The third-order valence-corrected chi connectivity index (χ3v) is 4.00. The lowest BCUT2D eigenvalue weighted by Crippen LogP contribution is -2.17. The standard InChI is InChI=1S/C13H13BrN2O2S/c14-11-3-9(4-12-13(11)18-2-1-17-12)5-15-6-10-7-19-8-16-10/h3-4,7-8,15H,1-2,5-6H2. The summed E-state index contributed by atoms with van der Waals surface area (Å²) >= 11 is 5.13. The first-order valence-electron chi connectivity index (χ1n) is 5.99. The van der Waals surface area contributed by atoms with Gasteiger partial charge in [0, 0.05) is 18.5 Å². The molecule has 0 radical (unpaired) electrons. The Balaban J connectivity index is 1.66. The van der Waals surface area contributed by atoms with E-state index in [-0.39, 0.29) is 0 Å². The Labute approximate surface area is 123 Å². The third kappa shape index (κ3) is 3.08. The van der Waals surface area contributed by atoms with E-state index < -0.39 is 0 Å². The zero-order valence-electron chi connectivity index (χ0n) is 10.2. The van der Waals surface area contributed by atoms with E-state index in [0.29, 0.717) is 13.2 Å². The average Bonchev–Trinajstić information content (AvgIpc) is 2.92. The van der Waals surface area contributed by atoms with E-state index in [0.717, 1.165) is 40.3 Å². The van der Waals surface area contributed by atoms with Gasteiger partial charge in [-0.15, -0.1) is 11.3 Å². The number of hydrogen-bond acceptors (Lipinski definition) is 5. The van der Waals surface area contributed by atoms with Gasteiger partial charge in [0.25, 0.3) is 0 Å². The summed E-state index contributed by atoms with van der Waals surface area (Å²) in [5, 5.41) is 5.41. The Bertz CT molecular complexity index is 560. The van der Waals surface area contributed by atoms with E-state index in [2.05, 4.69) is 32.3 Å². The molecule has 1 aromatic heterocycles. The zero-order valence-corrected chi connectivity index (χ0v) is 12.6. The maximum atomic E-state index is 5.60.